The molecule has 2 heterocycles. The zero-order valence-electron chi connectivity index (χ0n) is 18.0. The van der Waals surface area contributed by atoms with Gasteiger partial charge in [0.2, 0.25) is 0 Å². The Labute approximate surface area is 191 Å². The largest absolute Gasteiger partial charge is 0.362 e. The van der Waals surface area contributed by atoms with Crippen LogP contribution in [0.25, 0.3) is 11.6 Å². The first-order valence-corrected chi connectivity index (χ1v) is 10.6. The van der Waals surface area contributed by atoms with Crippen molar-refractivity contribution in [3.63, 3.8) is 0 Å². The zero-order chi connectivity index (χ0) is 22.8. The molecule has 0 atom stereocenters. The van der Waals surface area contributed by atoms with E-state index in [0.717, 1.165) is 33.9 Å². The lowest BCUT2D eigenvalue weighted by molar-refractivity contribution is -0.110. The molecular formula is C27H22N4O2. The van der Waals surface area contributed by atoms with E-state index in [1.165, 1.54) is 0 Å². The summed E-state index contributed by atoms with van der Waals surface area (Å²) >= 11 is 0. The van der Waals surface area contributed by atoms with Crippen LogP contribution in [0.4, 0.5) is 22.7 Å². The second-order valence-electron chi connectivity index (χ2n) is 7.87. The predicted octanol–water partition coefficient (Wildman–Crippen LogP) is 5.81. The molecule has 1 aromatic heterocycles. The number of hydrogen-bond donors (Lipinski definition) is 4. The average Bonchev–Trinajstić information content (AvgIpc) is 3.45. The summed E-state index contributed by atoms with van der Waals surface area (Å²) in [6.45, 7) is 2.00. The number of carbonyl (C=O) groups excluding carboxylic acids is 2. The van der Waals surface area contributed by atoms with Gasteiger partial charge in [0, 0.05) is 45.8 Å². The summed E-state index contributed by atoms with van der Waals surface area (Å²) in [5, 5.41) is 9.28. The zero-order valence-corrected chi connectivity index (χ0v) is 18.0. The SMILES string of the molecule is Cc1ccc(NC(=O)c2ccccc2)cc1Nc1ccc2c(c1)C(=Cc1ccc[nH]1)C(=O)N2. The van der Waals surface area contributed by atoms with Crippen molar-refractivity contribution in [2.45, 2.75) is 6.92 Å². The van der Waals surface area contributed by atoms with E-state index in [2.05, 4.69) is 20.9 Å². The first-order valence-electron chi connectivity index (χ1n) is 10.6. The van der Waals surface area contributed by atoms with E-state index in [1.54, 1.807) is 12.1 Å². The van der Waals surface area contributed by atoms with Crippen molar-refractivity contribution in [3.8, 4) is 0 Å². The third-order valence-electron chi connectivity index (χ3n) is 5.53. The van der Waals surface area contributed by atoms with Gasteiger partial charge in [-0.1, -0.05) is 24.3 Å². The van der Waals surface area contributed by atoms with E-state index >= 15 is 0 Å². The number of rotatable bonds is 5. The fraction of sp³-hybridized carbons (Fsp3) is 0.0370. The molecule has 6 heteroatoms. The number of aromatic nitrogens is 1. The average molecular weight is 434 g/mol. The minimum atomic E-state index is -0.161. The molecule has 0 unspecified atom stereocenters. The molecule has 33 heavy (non-hydrogen) atoms. The molecule has 0 saturated heterocycles. The number of nitrogens with one attached hydrogen (secondary N) is 4. The van der Waals surface area contributed by atoms with E-state index in [-0.39, 0.29) is 11.8 Å². The topological polar surface area (TPSA) is 86.0 Å². The molecule has 0 aliphatic carbocycles. The van der Waals surface area contributed by atoms with Gasteiger partial charge in [0.15, 0.2) is 0 Å². The summed E-state index contributed by atoms with van der Waals surface area (Å²) < 4.78 is 0. The van der Waals surface area contributed by atoms with Crippen LogP contribution < -0.4 is 16.0 Å². The van der Waals surface area contributed by atoms with Crippen LogP contribution in [-0.4, -0.2) is 16.8 Å². The van der Waals surface area contributed by atoms with Crippen LogP contribution in [0, 0.1) is 6.92 Å². The van der Waals surface area contributed by atoms with Gasteiger partial charge >= 0.3 is 0 Å². The highest BCUT2D eigenvalue weighted by molar-refractivity contribution is 6.35. The molecule has 4 N–H and O–H groups in total. The van der Waals surface area contributed by atoms with Crippen LogP contribution in [0.2, 0.25) is 0 Å². The highest BCUT2D eigenvalue weighted by atomic mass is 16.2. The minimum Gasteiger partial charge on any atom is -0.362 e. The predicted molar refractivity (Wildman–Crippen MR) is 133 cm³/mol. The molecule has 4 aromatic rings. The van der Waals surface area contributed by atoms with Crippen LogP contribution >= 0.6 is 0 Å². The lowest BCUT2D eigenvalue weighted by atomic mass is 10.0. The van der Waals surface area contributed by atoms with E-state index in [9.17, 15) is 9.59 Å². The Hall–Kier alpha value is -4.58. The van der Waals surface area contributed by atoms with Crippen molar-refractivity contribution in [3.05, 3.63) is 107 Å². The molecule has 162 valence electrons. The molecule has 0 spiro atoms. The van der Waals surface area contributed by atoms with Gasteiger partial charge in [-0.05, 0) is 73.2 Å². The van der Waals surface area contributed by atoms with Crippen molar-refractivity contribution in [1.82, 2.24) is 4.98 Å². The van der Waals surface area contributed by atoms with E-state index < -0.39 is 0 Å². The first kappa shape index (κ1) is 20.3. The Morgan fingerprint density at radius 1 is 0.909 bits per heavy atom. The second-order valence-corrected chi connectivity index (χ2v) is 7.87. The molecule has 1 aliphatic heterocycles. The van der Waals surface area contributed by atoms with Gasteiger partial charge in [-0.15, -0.1) is 0 Å². The Balaban J connectivity index is 1.40. The van der Waals surface area contributed by atoms with Gasteiger partial charge in [0.25, 0.3) is 11.8 Å². The molecule has 0 radical (unpaired) electrons. The van der Waals surface area contributed by atoms with Gasteiger partial charge in [0.05, 0.1) is 5.57 Å². The lowest BCUT2D eigenvalue weighted by Crippen LogP contribution is -2.11. The van der Waals surface area contributed by atoms with Crippen molar-refractivity contribution in [2.75, 3.05) is 16.0 Å². The number of H-pyrrole nitrogens is 1. The van der Waals surface area contributed by atoms with Gasteiger partial charge in [-0.3, -0.25) is 9.59 Å². The second kappa shape index (κ2) is 8.51. The van der Waals surface area contributed by atoms with Crippen molar-refractivity contribution in [2.24, 2.45) is 0 Å². The quantitative estimate of drug-likeness (QED) is 0.299. The smallest absolute Gasteiger partial charge is 0.256 e. The van der Waals surface area contributed by atoms with Crippen molar-refractivity contribution >= 4 is 46.2 Å². The molecule has 5 rings (SSSR count). The number of anilines is 4. The van der Waals surface area contributed by atoms with Crippen molar-refractivity contribution < 1.29 is 9.59 Å². The molecule has 3 aromatic carbocycles. The normalized spacial score (nSPS) is 13.5. The van der Waals surface area contributed by atoms with Crippen LogP contribution in [-0.2, 0) is 4.79 Å². The Morgan fingerprint density at radius 2 is 1.73 bits per heavy atom. The number of hydrogen-bond acceptors (Lipinski definition) is 3. The molecule has 0 saturated carbocycles. The van der Waals surface area contributed by atoms with E-state index in [1.807, 2.05) is 85.9 Å². The first-order chi connectivity index (χ1) is 16.1. The van der Waals surface area contributed by atoms with E-state index in [4.69, 9.17) is 0 Å². The van der Waals surface area contributed by atoms with E-state index in [0.29, 0.717) is 16.8 Å². The van der Waals surface area contributed by atoms with Crippen LogP contribution in [0.1, 0.15) is 27.2 Å². The third kappa shape index (κ3) is 4.27. The number of carbonyl (C=O) groups is 2. The molecule has 0 bridgehead atoms. The molecule has 2 amide bonds. The Morgan fingerprint density at radius 3 is 2.52 bits per heavy atom. The maximum atomic E-state index is 12.5. The molecular weight excluding hydrogens is 412 g/mol. The highest BCUT2D eigenvalue weighted by Crippen LogP contribution is 2.36. The summed E-state index contributed by atoms with van der Waals surface area (Å²) in [5.41, 5.74) is 7.14. The fourth-order valence-electron chi connectivity index (χ4n) is 3.78. The standard InChI is InChI=1S/C27H22N4O2/c1-17-9-10-21(30-26(32)18-6-3-2-4-7-18)16-25(17)29-20-11-12-24-22(15-20)23(27(33)31-24)14-19-8-5-13-28-19/h2-16,28-29H,1H3,(H,30,32)(H,31,33). The summed E-state index contributed by atoms with van der Waals surface area (Å²) in [7, 11) is 0. The number of benzene rings is 3. The summed E-state index contributed by atoms with van der Waals surface area (Å²) in [6, 6.07) is 24.4. The van der Waals surface area contributed by atoms with Gasteiger partial charge < -0.3 is 20.9 Å². The van der Waals surface area contributed by atoms with Gasteiger partial charge in [0.1, 0.15) is 0 Å². The number of aryl methyl sites for hydroxylation is 1. The molecule has 1 aliphatic rings. The maximum Gasteiger partial charge on any atom is 0.256 e. The number of aromatic amines is 1. The Kier molecular flexibility index (Phi) is 5.24. The summed E-state index contributed by atoms with van der Waals surface area (Å²) in [6.07, 6.45) is 3.67. The van der Waals surface area contributed by atoms with Crippen LogP contribution in [0.15, 0.2) is 85.1 Å². The van der Waals surface area contributed by atoms with Crippen LogP contribution in [0.5, 0.6) is 0 Å². The molecule has 6 nitrogen and oxygen atoms in total. The summed E-state index contributed by atoms with van der Waals surface area (Å²) in [4.78, 5) is 28.1. The lowest BCUT2D eigenvalue weighted by Gasteiger charge is -2.13. The third-order valence-corrected chi connectivity index (χ3v) is 5.53. The summed E-state index contributed by atoms with van der Waals surface area (Å²) in [5.74, 6) is -0.287. The highest BCUT2D eigenvalue weighted by Gasteiger charge is 2.24. The number of amides is 2. The maximum absolute atomic E-state index is 12.5. The van der Waals surface area contributed by atoms with Crippen molar-refractivity contribution in [1.29, 1.82) is 0 Å². The van der Waals surface area contributed by atoms with Crippen LogP contribution in [0.3, 0.4) is 0 Å². The Bertz CT molecular complexity index is 1370. The fourth-order valence-corrected chi connectivity index (χ4v) is 3.78. The minimum absolute atomic E-state index is 0.126. The number of fused-ring (bicyclic) bond motifs is 1. The van der Waals surface area contributed by atoms with Gasteiger partial charge in [-0.25, -0.2) is 0 Å². The molecule has 0 fully saturated rings. The monoisotopic (exact) mass is 434 g/mol. The van der Waals surface area contributed by atoms with Gasteiger partial charge in [-0.2, -0.15) is 0 Å².